The quantitative estimate of drug-likeness (QED) is 0.449. The molecule has 1 aliphatic heterocycles. The van der Waals surface area contributed by atoms with Crippen molar-refractivity contribution >= 4 is 11.6 Å². The second-order valence-electron chi connectivity index (χ2n) is 7.91. The Kier molecular flexibility index (Phi) is 6.73. The summed E-state index contributed by atoms with van der Waals surface area (Å²) < 4.78 is 59.0. The number of halogens is 4. The van der Waals surface area contributed by atoms with Gasteiger partial charge in [0.25, 0.3) is 5.89 Å². The lowest BCUT2D eigenvalue weighted by molar-refractivity contribution is -0.127. The van der Waals surface area contributed by atoms with Crippen molar-refractivity contribution in [1.29, 1.82) is 0 Å². The molecule has 0 spiro atoms. The average molecular weight is 462 g/mol. The molecule has 1 amide bonds. The lowest BCUT2D eigenvalue weighted by atomic mass is 9.97. The molecular weight excluding hydrogens is 440 g/mol. The SMILES string of the molecule is CCCN1CC(C(=O)N(Cc2ccc(-c3nnc(C(F)F)o3)cc2F)c2cccc(F)c2)C1. The monoisotopic (exact) mass is 462 g/mol. The van der Waals surface area contributed by atoms with E-state index in [2.05, 4.69) is 22.0 Å². The first-order valence-corrected chi connectivity index (χ1v) is 10.6. The number of anilines is 1. The minimum Gasteiger partial charge on any atom is -0.415 e. The van der Waals surface area contributed by atoms with E-state index in [1.54, 1.807) is 6.07 Å². The molecule has 1 aromatic heterocycles. The molecule has 1 fully saturated rings. The van der Waals surface area contributed by atoms with Crippen LogP contribution in [0, 0.1) is 17.6 Å². The fraction of sp³-hybridized carbons (Fsp3) is 0.348. The van der Waals surface area contributed by atoms with Crippen LogP contribution in [-0.4, -0.2) is 40.6 Å². The highest BCUT2D eigenvalue weighted by molar-refractivity contribution is 5.95. The van der Waals surface area contributed by atoms with Crippen LogP contribution >= 0.6 is 0 Å². The number of likely N-dealkylation sites (tertiary alicyclic amines) is 1. The normalized spacial score (nSPS) is 14.5. The second kappa shape index (κ2) is 9.70. The lowest BCUT2D eigenvalue weighted by Crippen LogP contribution is -2.54. The van der Waals surface area contributed by atoms with Crippen molar-refractivity contribution in [3.05, 3.63) is 65.6 Å². The van der Waals surface area contributed by atoms with Gasteiger partial charge < -0.3 is 14.2 Å². The number of aromatic nitrogens is 2. The van der Waals surface area contributed by atoms with Crippen LogP contribution in [0.1, 0.15) is 31.2 Å². The van der Waals surface area contributed by atoms with E-state index in [0.29, 0.717) is 18.8 Å². The number of hydrogen-bond acceptors (Lipinski definition) is 5. The zero-order valence-electron chi connectivity index (χ0n) is 17.8. The van der Waals surface area contributed by atoms with Gasteiger partial charge in [0.05, 0.1) is 12.5 Å². The van der Waals surface area contributed by atoms with E-state index < -0.39 is 24.0 Å². The summed E-state index contributed by atoms with van der Waals surface area (Å²) in [5, 5.41) is 6.75. The Bertz CT molecular complexity index is 1130. The highest BCUT2D eigenvalue weighted by Crippen LogP contribution is 2.28. The van der Waals surface area contributed by atoms with Gasteiger partial charge in [-0.15, -0.1) is 10.2 Å². The molecule has 0 saturated carbocycles. The Hall–Kier alpha value is -3.27. The number of alkyl halides is 2. The molecular formula is C23H22F4N4O2. The molecule has 2 aromatic carbocycles. The number of carbonyl (C=O) groups is 1. The van der Waals surface area contributed by atoms with Gasteiger partial charge in [-0.2, -0.15) is 8.78 Å². The highest BCUT2D eigenvalue weighted by Gasteiger charge is 2.35. The van der Waals surface area contributed by atoms with Gasteiger partial charge in [0.2, 0.25) is 11.8 Å². The van der Waals surface area contributed by atoms with Crippen LogP contribution in [-0.2, 0) is 11.3 Å². The van der Waals surface area contributed by atoms with Gasteiger partial charge in [-0.3, -0.25) is 4.79 Å². The number of amides is 1. The summed E-state index contributed by atoms with van der Waals surface area (Å²) in [6, 6.07) is 9.54. The van der Waals surface area contributed by atoms with Crippen LogP contribution in [0.25, 0.3) is 11.5 Å². The molecule has 10 heteroatoms. The van der Waals surface area contributed by atoms with E-state index in [-0.39, 0.29) is 35.4 Å². The smallest absolute Gasteiger partial charge is 0.314 e. The largest absolute Gasteiger partial charge is 0.415 e. The molecule has 1 aliphatic rings. The van der Waals surface area contributed by atoms with Crippen molar-refractivity contribution < 1.29 is 26.8 Å². The van der Waals surface area contributed by atoms with Gasteiger partial charge in [-0.25, -0.2) is 8.78 Å². The Balaban J connectivity index is 1.57. The van der Waals surface area contributed by atoms with E-state index in [0.717, 1.165) is 19.0 Å². The third-order valence-electron chi connectivity index (χ3n) is 5.49. The fourth-order valence-corrected chi connectivity index (χ4v) is 3.80. The molecule has 33 heavy (non-hydrogen) atoms. The van der Waals surface area contributed by atoms with Crippen molar-refractivity contribution in [3.63, 3.8) is 0 Å². The number of rotatable bonds is 8. The predicted molar refractivity (Wildman–Crippen MR) is 112 cm³/mol. The summed E-state index contributed by atoms with van der Waals surface area (Å²) in [6.45, 7) is 4.03. The van der Waals surface area contributed by atoms with Gasteiger partial charge in [-0.05, 0) is 43.3 Å². The van der Waals surface area contributed by atoms with Crippen LogP contribution in [0.2, 0.25) is 0 Å². The minimum atomic E-state index is -2.93. The van der Waals surface area contributed by atoms with Gasteiger partial charge in [0, 0.05) is 29.9 Å². The minimum absolute atomic E-state index is 0.120. The van der Waals surface area contributed by atoms with E-state index in [9.17, 15) is 22.4 Å². The first kappa shape index (κ1) is 22.9. The molecule has 0 radical (unpaired) electrons. The molecule has 0 bridgehead atoms. The number of benzene rings is 2. The zero-order valence-corrected chi connectivity index (χ0v) is 17.8. The zero-order chi connectivity index (χ0) is 23.5. The summed E-state index contributed by atoms with van der Waals surface area (Å²) in [5.41, 5.74) is 0.638. The topological polar surface area (TPSA) is 62.5 Å². The molecule has 0 aliphatic carbocycles. The molecule has 0 unspecified atom stereocenters. The van der Waals surface area contributed by atoms with E-state index in [1.165, 1.54) is 35.2 Å². The van der Waals surface area contributed by atoms with E-state index in [4.69, 9.17) is 4.42 Å². The van der Waals surface area contributed by atoms with Crippen LogP contribution in [0.4, 0.5) is 23.2 Å². The van der Waals surface area contributed by atoms with E-state index in [1.807, 2.05) is 0 Å². The lowest BCUT2D eigenvalue weighted by Gasteiger charge is -2.40. The van der Waals surface area contributed by atoms with Crippen LogP contribution in [0.5, 0.6) is 0 Å². The van der Waals surface area contributed by atoms with Crippen molar-refractivity contribution in [2.75, 3.05) is 24.5 Å². The fourth-order valence-electron chi connectivity index (χ4n) is 3.80. The molecule has 6 nitrogen and oxygen atoms in total. The van der Waals surface area contributed by atoms with Crippen molar-refractivity contribution in [1.82, 2.24) is 15.1 Å². The van der Waals surface area contributed by atoms with Crippen molar-refractivity contribution in [2.45, 2.75) is 26.3 Å². The third kappa shape index (κ3) is 5.05. The van der Waals surface area contributed by atoms with Crippen molar-refractivity contribution in [2.24, 2.45) is 5.92 Å². The standard InChI is InChI=1S/C23H22F4N4O2/c1-2-8-30-11-16(12-30)23(32)31(18-5-3-4-17(24)10-18)13-15-7-6-14(9-19(15)25)21-28-29-22(33-21)20(26)27/h3-7,9-10,16,20H,2,8,11-13H2,1H3. The van der Waals surface area contributed by atoms with Crippen LogP contribution < -0.4 is 4.90 Å². The number of nitrogens with zero attached hydrogens (tertiary/aromatic N) is 4. The Morgan fingerprint density at radius 1 is 1.18 bits per heavy atom. The molecule has 0 N–H and O–H groups in total. The average Bonchev–Trinajstić information content (AvgIpc) is 3.25. The first-order chi connectivity index (χ1) is 15.9. The predicted octanol–water partition coefficient (Wildman–Crippen LogP) is 4.83. The molecule has 174 valence electrons. The summed E-state index contributed by atoms with van der Waals surface area (Å²) in [4.78, 5) is 16.7. The summed E-state index contributed by atoms with van der Waals surface area (Å²) >= 11 is 0. The maximum Gasteiger partial charge on any atom is 0.314 e. The van der Waals surface area contributed by atoms with E-state index >= 15 is 0 Å². The number of hydrogen-bond donors (Lipinski definition) is 0. The van der Waals surface area contributed by atoms with Crippen LogP contribution in [0.15, 0.2) is 46.9 Å². The Morgan fingerprint density at radius 3 is 2.61 bits per heavy atom. The maximum atomic E-state index is 14.9. The molecule has 1 saturated heterocycles. The second-order valence-corrected chi connectivity index (χ2v) is 7.91. The van der Waals surface area contributed by atoms with Crippen LogP contribution in [0.3, 0.4) is 0 Å². The number of carbonyl (C=O) groups excluding carboxylic acids is 1. The third-order valence-corrected chi connectivity index (χ3v) is 5.49. The van der Waals surface area contributed by atoms with Gasteiger partial charge >= 0.3 is 6.43 Å². The Labute approximate surface area is 187 Å². The van der Waals surface area contributed by atoms with Gasteiger partial charge in [0.1, 0.15) is 11.6 Å². The summed E-state index contributed by atoms with van der Waals surface area (Å²) in [7, 11) is 0. The summed E-state index contributed by atoms with van der Waals surface area (Å²) in [6.07, 6.45) is -1.95. The summed E-state index contributed by atoms with van der Waals surface area (Å²) in [5.74, 6) is -2.74. The van der Waals surface area contributed by atoms with Gasteiger partial charge in [0.15, 0.2) is 0 Å². The molecule has 0 atom stereocenters. The Morgan fingerprint density at radius 2 is 1.97 bits per heavy atom. The van der Waals surface area contributed by atoms with Gasteiger partial charge in [-0.1, -0.05) is 19.1 Å². The highest BCUT2D eigenvalue weighted by atomic mass is 19.3. The molecule has 3 aromatic rings. The maximum absolute atomic E-state index is 14.9. The first-order valence-electron chi connectivity index (χ1n) is 10.6. The van der Waals surface area contributed by atoms with Crippen molar-refractivity contribution in [3.8, 4) is 11.5 Å². The molecule has 2 heterocycles. The molecule has 4 rings (SSSR count).